The number of nitrogens with two attached hydrogens (primary N) is 1. The zero-order valence-corrected chi connectivity index (χ0v) is 12.1. The Kier molecular flexibility index (Phi) is 6.20. The third-order valence-electron chi connectivity index (χ3n) is 2.53. The highest BCUT2D eigenvalue weighted by atomic mass is 35.5. The molecule has 17 heavy (non-hydrogen) atoms. The summed E-state index contributed by atoms with van der Waals surface area (Å²) in [5.41, 5.74) is 6.57. The van der Waals surface area contributed by atoms with Crippen LogP contribution < -0.4 is 5.73 Å². The van der Waals surface area contributed by atoms with Gasteiger partial charge in [-0.05, 0) is 24.2 Å². The van der Waals surface area contributed by atoms with Gasteiger partial charge in [-0.25, -0.2) is 0 Å². The maximum Gasteiger partial charge on any atom is 0.0740 e. The Balaban J connectivity index is 2.63. The molecule has 1 aromatic carbocycles. The molecule has 94 valence electrons. The fraction of sp³-hybridized carbons (Fsp3) is 0.417. The Hall–Kier alpha value is -0.350. The molecule has 0 radical (unpaired) electrons. The van der Waals surface area contributed by atoms with Crippen molar-refractivity contribution in [3.63, 3.8) is 0 Å². The van der Waals surface area contributed by atoms with E-state index in [4.69, 9.17) is 41.2 Å². The Morgan fingerprint density at radius 1 is 1.41 bits per heavy atom. The molecule has 0 unspecified atom stereocenters. The third kappa shape index (κ3) is 5.21. The minimum absolute atomic E-state index is 0.547. The summed E-state index contributed by atoms with van der Waals surface area (Å²) in [6, 6.07) is 5.57. The summed E-state index contributed by atoms with van der Waals surface area (Å²) in [4.78, 5) is 2.79. The van der Waals surface area contributed by atoms with Gasteiger partial charge in [-0.15, -0.1) is 0 Å². The lowest BCUT2D eigenvalue weighted by Gasteiger charge is -2.20. The first-order chi connectivity index (χ1) is 8.02. The molecule has 0 amide bonds. The van der Waals surface area contributed by atoms with Crippen LogP contribution in [-0.2, 0) is 6.54 Å². The fourth-order valence-electron chi connectivity index (χ4n) is 1.51. The summed E-state index contributed by atoms with van der Waals surface area (Å²) in [5, 5.41) is 1.36. The molecule has 1 aromatic rings. The lowest BCUT2D eigenvalue weighted by molar-refractivity contribution is 0.289. The van der Waals surface area contributed by atoms with E-state index >= 15 is 0 Å². The SMILES string of the molecule is CCN(CCC(N)=S)Cc1ccc(Cl)cc1Cl. The topological polar surface area (TPSA) is 29.3 Å². The van der Waals surface area contributed by atoms with Crippen molar-refractivity contribution in [3.8, 4) is 0 Å². The van der Waals surface area contributed by atoms with Crippen LogP contribution in [0.15, 0.2) is 18.2 Å². The second-order valence-corrected chi connectivity index (χ2v) is 5.19. The van der Waals surface area contributed by atoms with Gasteiger partial charge in [0.15, 0.2) is 0 Å². The fourth-order valence-corrected chi connectivity index (χ4v) is 2.07. The van der Waals surface area contributed by atoms with E-state index in [2.05, 4.69) is 11.8 Å². The van der Waals surface area contributed by atoms with Crippen LogP contribution in [0.5, 0.6) is 0 Å². The van der Waals surface area contributed by atoms with Crippen molar-refractivity contribution < 1.29 is 0 Å². The largest absolute Gasteiger partial charge is 0.393 e. The van der Waals surface area contributed by atoms with Gasteiger partial charge in [0.2, 0.25) is 0 Å². The van der Waals surface area contributed by atoms with Crippen molar-refractivity contribution in [1.29, 1.82) is 0 Å². The highest BCUT2D eigenvalue weighted by Crippen LogP contribution is 2.22. The molecule has 0 saturated heterocycles. The maximum atomic E-state index is 6.13. The van der Waals surface area contributed by atoms with E-state index in [1.807, 2.05) is 12.1 Å². The molecule has 0 aliphatic heterocycles. The van der Waals surface area contributed by atoms with Crippen molar-refractivity contribution in [2.45, 2.75) is 19.9 Å². The molecule has 0 saturated carbocycles. The van der Waals surface area contributed by atoms with Gasteiger partial charge in [-0.1, -0.05) is 48.4 Å². The molecule has 0 aliphatic rings. The number of halogens is 2. The standard InChI is InChI=1S/C12H16Cl2N2S/c1-2-16(6-5-12(15)17)8-9-3-4-10(13)7-11(9)14/h3-4,7H,2,5-6,8H2,1H3,(H2,15,17). The Morgan fingerprint density at radius 3 is 2.65 bits per heavy atom. The molecule has 2 N–H and O–H groups in total. The van der Waals surface area contributed by atoms with E-state index in [0.717, 1.165) is 31.6 Å². The quantitative estimate of drug-likeness (QED) is 0.813. The third-order valence-corrected chi connectivity index (χ3v) is 3.32. The van der Waals surface area contributed by atoms with Crippen LogP contribution in [0.25, 0.3) is 0 Å². The first kappa shape index (κ1) is 14.7. The van der Waals surface area contributed by atoms with Gasteiger partial charge in [-0.2, -0.15) is 0 Å². The smallest absolute Gasteiger partial charge is 0.0740 e. The van der Waals surface area contributed by atoms with Crippen molar-refractivity contribution in [2.75, 3.05) is 13.1 Å². The highest BCUT2D eigenvalue weighted by Gasteiger charge is 2.07. The van der Waals surface area contributed by atoms with Crippen LogP contribution in [0.3, 0.4) is 0 Å². The molecule has 0 bridgehead atoms. The Bertz CT molecular complexity index is 396. The molecule has 0 heterocycles. The lowest BCUT2D eigenvalue weighted by atomic mass is 10.2. The van der Waals surface area contributed by atoms with Crippen molar-refractivity contribution in [1.82, 2.24) is 4.90 Å². The molecule has 0 spiro atoms. The summed E-state index contributed by atoms with van der Waals surface area (Å²) in [7, 11) is 0. The zero-order chi connectivity index (χ0) is 12.8. The zero-order valence-electron chi connectivity index (χ0n) is 9.75. The minimum Gasteiger partial charge on any atom is -0.393 e. The molecule has 1 rings (SSSR count). The van der Waals surface area contributed by atoms with Gasteiger partial charge < -0.3 is 5.73 Å². The molecule has 0 aromatic heterocycles. The van der Waals surface area contributed by atoms with Crippen molar-refractivity contribution >= 4 is 40.4 Å². The van der Waals surface area contributed by atoms with Crippen LogP contribution >= 0.6 is 35.4 Å². The molecule has 0 atom stereocenters. The predicted octanol–water partition coefficient (Wildman–Crippen LogP) is 3.49. The van der Waals surface area contributed by atoms with Gasteiger partial charge >= 0.3 is 0 Å². The number of hydrogen-bond acceptors (Lipinski definition) is 2. The van der Waals surface area contributed by atoms with Gasteiger partial charge in [0.25, 0.3) is 0 Å². The number of rotatable bonds is 6. The average Bonchev–Trinajstić information content (AvgIpc) is 2.26. The molecule has 2 nitrogen and oxygen atoms in total. The van der Waals surface area contributed by atoms with Crippen LogP contribution in [0.1, 0.15) is 18.9 Å². The molecular weight excluding hydrogens is 275 g/mol. The second kappa shape index (κ2) is 7.17. The normalized spacial score (nSPS) is 10.8. The molecule has 5 heteroatoms. The Labute approximate surface area is 118 Å². The predicted molar refractivity (Wildman–Crippen MR) is 78.8 cm³/mol. The van der Waals surface area contributed by atoms with E-state index in [0.29, 0.717) is 15.0 Å². The lowest BCUT2D eigenvalue weighted by Crippen LogP contribution is -2.27. The van der Waals surface area contributed by atoms with E-state index in [9.17, 15) is 0 Å². The van der Waals surface area contributed by atoms with Crippen LogP contribution in [0, 0.1) is 0 Å². The summed E-state index contributed by atoms with van der Waals surface area (Å²) in [6.45, 7) is 4.67. The monoisotopic (exact) mass is 290 g/mol. The summed E-state index contributed by atoms with van der Waals surface area (Å²) < 4.78 is 0. The summed E-state index contributed by atoms with van der Waals surface area (Å²) >= 11 is 16.9. The van der Waals surface area contributed by atoms with Gasteiger partial charge in [0.05, 0.1) is 4.99 Å². The molecule has 0 aliphatic carbocycles. The Morgan fingerprint density at radius 2 is 2.12 bits per heavy atom. The minimum atomic E-state index is 0.547. The summed E-state index contributed by atoms with van der Waals surface area (Å²) in [5.74, 6) is 0. The van der Waals surface area contributed by atoms with Crippen LogP contribution in [0.4, 0.5) is 0 Å². The summed E-state index contributed by atoms with van der Waals surface area (Å²) in [6.07, 6.45) is 0.731. The van der Waals surface area contributed by atoms with Crippen LogP contribution in [-0.4, -0.2) is 23.0 Å². The molecule has 0 fully saturated rings. The van der Waals surface area contributed by atoms with E-state index < -0.39 is 0 Å². The van der Waals surface area contributed by atoms with Crippen molar-refractivity contribution in [3.05, 3.63) is 33.8 Å². The van der Waals surface area contributed by atoms with Gasteiger partial charge in [0.1, 0.15) is 0 Å². The van der Waals surface area contributed by atoms with E-state index in [1.54, 1.807) is 6.07 Å². The number of nitrogens with zero attached hydrogens (tertiary/aromatic N) is 1. The van der Waals surface area contributed by atoms with E-state index in [1.165, 1.54) is 0 Å². The van der Waals surface area contributed by atoms with Gasteiger partial charge in [0, 0.05) is 29.6 Å². The average molecular weight is 291 g/mol. The van der Waals surface area contributed by atoms with E-state index in [-0.39, 0.29) is 0 Å². The van der Waals surface area contributed by atoms with Crippen molar-refractivity contribution in [2.24, 2.45) is 5.73 Å². The molecular formula is C12H16Cl2N2S. The maximum absolute atomic E-state index is 6.13. The number of hydrogen-bond donors (Lipinski definition) is 1. The first-order valence-electron chi connectivity index (χ1n) is 5.47. The first-order valence-corrected chi connectivity index (χ1v) is 6.64. The number of thiocarbonyl (C=S) groups is 1. The second-order valence-electron chi connectivity index (χ2n) is 3.82. The highest BCUT2D eigenvalue weighted by molar-refractivity contribution is 7.80. The van der Waals surface area contributed by atoms with Crippen LogP contribution in [0.2, 0.25) is 10.0 Å². The van der Waals surface area contributed by atoms with Gasteiger partial charge in [-0.3, -0.25) is 4.90 Å². The number of benzene rings is 1.